The van der Waals surface area contributed by atoms with Crippen LogP contribution in [0.5, 0.6) is 28.7 Å². The van der Waals surface area contributed by atoms with Gasteiger partial charge in [-0.15, -0.1) is 0 Å². The molecule has 12 unspecified atom stereocenters. The van der Waals surface area contributed by atoms with Crippen LogP contribution >= 0.6 is 0 Å². The summed E-state index contributed by atoms with van der Waals surface area (Å²) in [6.45, 7) is -0.151. The molecular weight excluding hydrogens is 1160 g/mol. The predicted octanol–water partition coefficient (Wildman–Crippen LogP) is 4.15. The topological polar surface area (TPSA) is 406 Å². The number of anilines is 2. The van der Waals surface area contributed by atoms with E-state index in [2.05, 4.69) is 30.6 Å². The highest BCUT2D eigenvalue weighted by Gasteiger charge is 2.72. The van der Waals surface area contributed by atoms with Gasteiger partial charge in [0.2, 0.25) is 5.75 Å². The standard InChI is InChI=1S/C66H78N8O16/c67-63(71-32-37-8-2-1-3-9-37)70-26-6-13-43(77)21-19-39-31-64(62(86)87)56(55(39)65-41(11-5-12-42(65)33-75)20-18-38-10-4-14-48(79)54(38)65)53-46(30-49(57(81)59(53)83)89-66(88)61(85)60(84)58(82)50(34-76)90-66)74(64)52(80)23-17-36-16-22-47(78)40(28-36)29-45-44(72-35-73-45)24-27-69-51-15-7-25-68-51/h1-4,7-10,14-17,22-23,25,28,30-31,35,41-43,50,55-56,58,60-61,68-69,75-79,81-85,88H,5-6,11-13,18-21,24,26-27,29,32-34H2,(H,72,73)(H,86,87)(H3,67,70,71). The molecule has 0 spiro atoms. The molecule has 4 aromatic carbocycles. The van der Waals surface area contributed by atoms with Crippen molar-refractivity contribution in [3.8, 4) is 28.7 Å². The molecule has 478 valence electrons. The zero-order valence-electron chi connectivity index (χ0n) is 49.4. The van der Waals surface area contributed by atoms with E-state index in [4.69, 9.17) is 15.2 Å². The first-order chi connectivity index (χ1) is 43.3. The van der Waals surface area contributed by atoms with Gasteiger partial charge in [0.05, 0.1) is 37.0 Å². The molecule has 0 bridgehead atoms. The Morgan fingerprint density at radius 1 is 0.889 bits per heavy atom. The Balaban J connectivity index is 1.01. The van der Waals surface area contributed by atoms with Gasteiger partial charge in [-0.2, -0.15) is 0 Å². The number of aliphatic imine (C=N–C) groups is 1. The van der Waals surface area contributed by atoms with Gasteiger partial charge in [-0.25, -0.2) is 14.8 Å². The van der Waals surface area contributed by atoms with Gasteiger partial charge < -0.3 is 97.1 Å². The minimum atomic E-state index is -3.37. The number of hydrogen-bond donors (Lipinski definition) is 17. The maximum Gasteiger partial charge on any atom is 0.355 e. The second-order valence-electron chi connectivity index (χ2n) is 24.2. The fraction of sp³-hybridized carbons (Fsp3) is 0.424. The Morgan fingerprint density at radius 2 is 1.70 bits per heavy atom. The van der Waals surface area contributed by atoms with E-state index in [1.165, 1.54) is 24.3 Å². The first-order valence-electron chi connectivity index (χ1n) is 30.5. The number of nitrogens with zero attached hydrogens (tertiary/aromatic N) is 3. The first kappa shape index (κ1) is 63.1. The third kappa shape index (κ3) is 11.6. The summed E-state index contributed by atoms with van der Waals surface area (Å²) >= 11 is 0. The summed E-state index contributed by atoms with van der Waals surface area (Å²) in [5.74, 6) is -11.8. The van der Waals surface area contributed by atoms with Gasteiger partial charge >= 0.3 is 11.9 Å². The maximum atomic E-state index is 15.8. The van der Waals surface area contributed by atoms with Crippen LogP contribution in [0.15, 0.2) is 120 Å². The van der Waals surface area contributed by atoms with Crippen molar-refractivity contribution in [3.63, 3.8) is 0 Å². The number of H-pyrrole nitrogens is 2. The molecule has 1 saturated carbocycles. The Bertz CT molecular complexity index is 3650. The molecule has 4 heterocycles. The summed E-state index contributed by atoms with van der Waals surface area (Å²) in [5.41, 5.74) is 6.62. The average molecular weight is 1240 g/mol. The van der Waals surface area contributed by atoms with Gasteiger partial charge in [0.25, 0.3) is 5.91 Å². The number of rotatable bonds is 23. The van der Waals surface area contributed by atoms with Gasteiger partial charge in [0.15, 0.2) is 29.1 Å². The Hall–Kier alpha value is -8.46. The molecule has 6 aromatic rings. The largest absolute Gasteiger partial charge is 0.508 e. The van der Waals surface area contributed by atoms with E-state index in [1.54, 1.807) is 30.7 Å². The number of hydrogen-bond acceptors (Lipinski definition) is 18. The van der Waals surface area contributed by atoms with E-state index < -0.39 is 108 Å². The van der Waals surface area contributed by atoms with Gasteiger partial charge in [0, 0.05) is 90.5 Å². The number of guanidine groups is 1. The van der Waals surface area contributed by atoms with Gasteiger partial charge in [0.1, 0.15) is 35.6 Å². The number of aliphatic carboxylic acids is 1. The number of benzene rings is 4. The van der Waals surface area contributed by atoms with Crippen molar-refractivity contribution in [3.05, 3.63) is 160 Å². The van der Waals surface area contributed by atoms with Crippen LogP contribution in [0, 0.1) is 17.8 Å². The number of aromatic amines is 2. The van der Waals surface area contributed by atoms with Crippen LogP contribution in [0.3, 0.4) is 0 Å². The summed E-state index contributed by atoms with van der Waals surface area (Å²) in [6, 6.07) is 24.1. The number of nitrogens with one attached hydrogen (secondary N) is 4. The number of aliphatic hydroxyl groups is 7. The molecule has 24 nitrogen and oxygen atoms in total. The number of allylic oxidation sites excluding steroid dienone is 1. The van der Waals surface area contributed by atoms with Crippen LogP contribution in [0.4, 0.5) is 11.5 Å². The molecule has 24 heteroatoms. The quantitative estimate of drug-likeness (QED) is 0.00815. The minimum Gasteiger partial charge on any atom is -0.508 e. The van der Waals surface area contributed by atoms with E-state index in [0.717, 1.165) is 45.4 Å². The lowest BCUT2D eigenvalue weighted by molar-refractivity contribution is -0.422. The Morgan fingerprint density at radius 3 is 2.46 bits per heavy atom. The highest BCUT2D eigenvalue weighted by molar-refractivity contribution is 6.14. The number of ether oxygens (including phenoxy) is 2. The number of aromatic nitrogens is 3. The van der Waals surface area contributed by atoms with Crippen molar-refractivity contribution in [2.24, 2.45) is 28.5 Å². The number of phenolic OH excluding ortho intramolecular Hbond substituents is 4. The average Bonchev–Trinajstić information content (AvgIpc) is 1.47. The number of carbonyl (C=O) groups excluding carboxylic acids is 1. The molecule has 11 rings (SSSR count). The second-order valence-corrected chi connectivity index (χ2v) is 24.2. The van der Waals surface area contributed by atoms with Crippen LogP contribution in [-0.2, 0) is 45.5 Å². The Kier molecular flexibility index (Phi) is 18.4. The number of imidazole rings is 1. The van der Waals surface area contributed by atoms with Crippen molar-refractivity contribution in [2.75, 3.05) is 36.5 Å². The van der Waals surface area contributed by atoms with Crippen molar-refractivity contribution >= 4 is 35.4 Å². The summed E-state index contributed by atoms with van der Waals surface area (Å²) in [4.78, 5) is 47.1. The van der Waals surface area contributed by atoms with Crippen molar-refractivity contribution in [1.29, 1.82) is 0 Å². The molecule has 1 amide bonds. The van der Waals surface area contributed by atoms with Crippen molar-refractivity contribution in [1.82, 2.24) is 20.3 Å². The predicted molar refractivity (Wildman–Crippen MR) is 329 cm³/mol. The molecule has 3 aliphatic carbocycles. The summed E-state index contributed by atoms with van der Waals surface area (Å²) < 4.78 is 11.1. The highest BCUT2D eigenvalue weighted by Crippen LogP contribution is 2.72. The van der Waals surface area contributed by atoms with Gasteiger partial charge in [-0.1, -0.05) is 60.5 Å². The normalized spacial score (nSPS) is 27.3. The number of carbonyl (C=O) groups is 2. The number of amides is 1. The lowest BCUT2D eigenvalue weighted by Gasteiger charge is -2.58. The third-order valence-corrected chi connectivity index (χ3v) is 19.1. The fourth-order valence-electron chi connectivity index (χ4n) is 15.0. The smallest absolute Gasteiger partial charge is 0.355 e. The number of aliphatic hydroxyl groups excluding tert-OH is 6. The van der Waals surface area contributed by atoms with E-state index >= 15 is 9.59 Å². The maximum absolute atomic E-state index is 15.8. The number of carboxylic acids is 1. The molecule has 18 N–H and O–H groups in total. The molecule has 12 atom stereocenters. The summed E-state index contributed by atoms with van der Waals surface area (Å²) in [7, 11) is 0. The molecule has 0 radical (unpaired) electrons. The number of nitrogens with two attached hydrogens (primary N) is 1. The molecule has 2 aromatic heterocycles. The summed E-state index contributed by atoms with van der Waals surface area (Å²) in [5, 5.41) is 145. The van der Waals surface area contributed by atoms with Crippen LogP contribution in [0.1, 0.15) is 102 Å². The number of phenols is 4. The lowest BCUT2D eigenvalue weighted by Crippen LogP contribution is -2.67. The van der Waals surface area contributed by atoms with E-state index in [0.29, 0.717) is 86.8 Å². The first-order valence-corrected chi connectivity index (χ1v) is 30.5. The monoisotopic (exact) mass is 1240 g/mol. The van der Waals surface area contributed by atoms with Crippen molar-refractivity contribution < 1.29 is 80.3 Å². The number of carboxylic acid groups (broad SMARTS) is 1. The van der Waals surface area contributed by atoms with Crippen LogP contribution < -0.4 is 26.0 Å². The van der Waals surface area contributed by atoms with Crippen LogP contribution in [0.2, 0.25) is 0 Å². The van der Waals surface area contributed by atoms with Crippen molar-refractivity contribution in [2.45, 2.75) is 131 Å². The van der Waals surface area contributed by atoms with Gasteiger partial charge in [-0.3, -0.25) is 9.69 Å². The number of aryl methyl sites for hydroxylation is 1. The second kappa shape index (κ2) is 26.2. The van der Waals surface area contributed by atoms with E-state index in [-0.39, 0.29) is 60.3 Å². The van der Waals surface area contributed by atoms with E-state index in [9.17, 15) is 61.3 Å². The SMILES string of the molecule is NC(=NCc1ccccc1)NCCCC(O)CCC1=CC2(C(=O)O)C(c3c(cc(OC4(O)OC(CO)C(O)C(O)C4O)c(O)c3O)N2C(=O)C=Cc2ccc(O)c(Cc3[nH]cnc3CCNc3ccc[nH]3)c2)C1C12c3c(O)cccc3CCC1CCCC2CO. The zero-order valence-corrected chi connectivity index (χ0v) is 49.4. The highest BCUT2D eigenvalue weighted by atomic mass is 16.8. The lowest BCUT2D eigenvalue weighted by atomic mass is 9.45. The van der Waals surface area contributed by atoms with E-state index in [1.807, 2.05) is 48.5 Å². The molecular formula is C66H78N8O16. The molecule has 5 aliphatic rings. The third-order valence-electron chi connectivity index (χ3n) is 19.1. The Labute approximate surface area is 518 Å². The molecule has 2 aliphatic heterocycles. The zero-order chi connectivity index (χ0) is 63.6. The summed E-state index contributed by atoms with van der Waals surface area (Å²) in [6.07, 6.45) is 2.20. The molecule has 1 saturated heterocycles. The number of fused-ring (bicyclic) bond motifs is 6. The number of aromatic hydroxyl groups is 4. The van der Waals surface area contributed by atoms with Gasteiger partial charge in [-0.05, 0) is 122 Å². The van der Waals surface area contributed by atoms with Crippen LogP contribution in [0.25, 0.3) is 6.08 Å². The molecule has 90 heavy (non-hydrogen) atoms. The fourth-order valence-corrected chi connectivity index (χ4v) is 15.0. The molecule has 2 fully saturated rings. The minimum absolute atomic E-state index is 0.0161. The van der Waals surface area contributed by atoms with Crippen LogP contribution in [-0.4, -0.2) is 162 Å².